The highest BCUT2D eigenvalue weighted by atomic mass is 16.3. The summed E-state index contributed by atoms with van der Waals surface area (Å²) in [6, 6.07) is 6.97. The second kappa shape index (κ2) is 4.98. The number of imidazole rings is 1. The highest BCUT2D eigenvalue weighted by Crippen LogP contribution is 2.37. The molecule has 1 aromatic carbocycles. The molecule has 2 aromatic heterocycles. The number of nitrogen functional groups attached to an aromatic ring is 1. The van der Waals surface area contributed by atoms with Crippen LogP contribution >= 0.6 is 0 Å². The largest absolute Gasteiger partial charge is 0.508 e. The summed E-state index contributed by atoms with van der Waals surface area (Å²) in [5.74, 6) is 2.04. The number of phenolic OH excluding ortho intramolecular Hbond substituents is 1. The van der Waals surface area contributed by atoms with Crippen LogP contribution in [0, 0.1) is 0 Å². The molecule has 0 aliphatic heterocycles. The Morgan fingerprint density at radius 1 is 1.14 bits per heavy atom. The minimum Gasteiger partial charge on any atom is -0.508 e. The van der Waals surface area contributed by atoms with Crippen molar-refractivity contribution in [1.82, 2.24) is 19.6 Å². The molecule has 1 aliphatic rings. The fourth-order valence-corrected chi connectivity index (χ4v) is 3.25. The third-order valence-electron chi connectivity index (χ3n) is 4.35. The lowest BCUT2D eigenvalue weighted by Crippen LogP contribution is -2.05. The Morgan fingerprint density at radius 3 is 2.59 bits per heavy atom. The quantitative estimate of drug-likeness (QED) is 0.758. The molecule has 4 rings (SSSR count). The number of hydrogen-bond acceptors (Lipinski definition) is 5. The summed E-state index contributed by atoms with van der Waals surface area (Å²) >= 11 is 0. The summed E-state index contributed by atoms with van der Waals surface area (Å²) in [5, 5.41) is 13.8. The predicted octanol–water partition coefficient (Wildman–Crippen LogP) is 2.74. The molecule has 2 heterocycles. The van der Waals surface area contributed by atoms with Gasteiger partial charge in [0.05, 0.1) is 0 Å². The zero-order valence-electron chi connectivity index (χ0n) is 12.1. The Kier molecular flexibility index (Phi) is 2.96. The minimum absolute atomic E-state index is 0.229. The summed E-state index contributed by atoms with van der Waals surface area (Å²) in [6.45, 7) is 0. The molecule has 22 heavy (non-hydrogen) atoms. The minimum atomic E-state index is 0.229. The summed E-state index contributed by atoms with van der Waals surface area (Å²) < 4.78 is 1.83. The molecule has 0 unspecified atom stereocenters. The summed E-state index contributed by atoms with van der Waals surface area (Å²) in [7, 11) is 0. The van der Waals surface area contributed by atoms with Crippen molar-refractivity contribution in [2.75, 3.05) is 5.73 Å². The summed E-state index contributed by atoms with van der Waals surface area (Å²) in [4.78, 5) is 8.94. The number of aromatic hydroxyl groups is 1. The number of rotatable bonds is 2. The van der Waals surface area contributed by atoms with Crippen LogP contribution in [0.25, 0.3) is 16.8 Å². The van der Waals surface area contributed by atoms with Gasteiger partial charge < -0.3 is 10.8 Å². The zero-order chi connectivity index (χ0) is 15.1. The van der Waals surface area contributed by atoms with Crippen LogP contribution in [0.5, 0.6) is 5.75 Å². The molecule has 0 radical (unpaired) electrons. The van der Waals surface area contributed by atoms with Crippen molar-refractivity contribution in [1.29, 1.82) is 0 Å². The first kappa shape index (κ1) is 13.1. The lowest BCUT2D eigenvalue weighted by Gasteiger charge is -2.06. The van der Waals surface area contributed by atoms with Gasteiger partial charge in [0.1, 0.15) is 29.1 Å². The number of benzene rings is 1. The van der Waals surface area contributed by atoms with E-state index in [4.69, 9.17) is 10.7 Å². The van der Waals surface area contributed by atoms with Gasteiger partial charge in [-0.25, -0.2) is 14.5 Å². The maximum Gasteiger partial charge on any atom is 0.153 e. The van der Waals surface area contributed by atoms with Crippen LogP contribution in [0.3, 0.4) is 0 Å². The van der Waals surface area contributed by atoms with Crippen molar-refractivity contribution in [3.05, 3.63) is 36.4 Å². The van der Waals surface area contributed by atoms with Crippen LogP contribution < -0.4 is 5.73 Å². The van der Waals surface area contributed by atoms with Crippen LogP contribution in [-0.2, 0) is 0 Å². The number of aromatic nitrogens is 4. The molecular formula is C16H17N5O. The van der Waals surface area contributed by atoms with Crippen molar-refractivity contribution in [3.63, 3.8) is 0 Å². The van der Waals surface area contributed by atoms with E-state index < -0.39 is 0 Å². The topological polar surface area (TPSA) is 89.3 Å². The van der Waals surface area contributed by atoms with Crippen LogP contribution in [0.15, 0.2) is 30.6 Å². The molecular weight excluding hydrogens is 278 g/mol. The molecule has 1 fully saturated rings. The van der Waals surface area contributed by atoms with Gasteiger partial charge in [0.25, 0.3) is 0 Å². The van der Waals surface area contributed by atoms with E-state index in [1.807, 2.05) is 16.6 Å². The third kappa shape index (κ3) is 1.99. The number of hydrogen-bond donors (Lipinski definition) is 2. The highest BCUT2D eigenvalue weighted by molar-refractivity contribution is 5.85. The van der Waals surface area contributed by atoms with Gasteiger partial charge in [-0.15, -0.1) is 0 Å². The van der Waals surface area contributed by atoms with Crippen molar-refractivity contribution in [3.8, 4) is 17.0 Å². The molecule has 6 heteroatoms. The number of phenols is 1. The highest BCUT2D eigenvalue weighted by Gasteiger charge is 2.25. The fraction of sp³-hybridized carbons (Fsp3) is 0.312. The van der Waals surface area contributed by atoms with Crippen LogP contribution in [-0.4, -0.2) is 24.7 Å². The van der Waals surface area contributed by atoms with Crippen molar-refractivity contribution in [2.24, 2.45) is 0 Å². The fourth-order valence-electron chi connectivity index (χ4n) is 3.25. The molecule has 0 spiro atoms. The van der Waals surface area contributed by atoms with Gasteiger partial charge >= 0.3 is 0 Å². The average molecular weight is 295 g/mol. The maximum absolute atomic E-state index is 9.47. The summed E-state index contributed by atoms with van der Waals surface area (Å²) in [6.07, 6.45) is 6.21. The molecule has 3 N–H and O–H groups in total. The Balaban J connectivity index is 1.95. The smallest absolute Gasteiger partial charge is 0.153 e. The normalized spacial score (nSPS) is 15.6. The Morgan fingerprint density at radius 2 is 1.86 bits per heavy atom. The molecule has 0 amide bonds. The molecule has 0 atom stereocenters. The molecule has 112 valence electrons. The molecule has 1 saturated carbocycles. The van der Waals surface area contributed by atoms with Gasteiger partial charge in [0.15, 0.2) is 5.82 Å². The van der Waals surface area contributed by atoms with Gasteiger partial charge in [-0.05, 0) is 37.1 Å². The van der Waals surface area contributed by atoms with E-state index in [9.17, 15) is 5.11 Å². The van der Waals surface area contributed by atoms with Gasteiger partial charge in [0, 0.05) is 11.5 Å². The monoisotopic (exact) mass is 295 g/mol. The van der Waals surface area contributed by atoms with E-state index in [1.54, 1.807) is 12.1 Å². The third-order valence-corrected chi connectivity index (χ3v) is 4.35. The number of anilines is 1. The Bertz CT molecular complexity index is 818. The lowest BCUT2D eigenvalue weighted by molar-refractivity contribution is 0.475. The first-order valence-corrected chi connectivity index (χ1v) is 7.52. The standard InChI is InChI=1S/C16H17N5O/c17-15-14-13(10-5-7-12(22)8-6-10)20-16(11-3-1-2-4-11)21(14)19-9-18-15/h5-9,11,22H,1-4H2,(H2,17,18,19). The van der Waals surface area contributed by atoms with E-state index in [-0.39, 0.29) is 5.75 Å². The van der Waals surface area contributed by atoms with E-state index >= 15 is 0 Å². The van der Waals surface area contributed by atoms with E-state index in [2.05, 4.69) is 10.1 Å². The number of fused-ring (bicyclic) bond motifs is 1. The van der Waals surface area contributed by atoms with E-state index in [1.165, 1.54) is 19.2 Å². The molecule has 0 saturated heterocycles. The Hall–Kier alpha value is -2.63. The van der Waals surface area contributed by atoms with Crippen LogP contribution in [0.1, 0.15) is 37.4 Å². The number of nitrogens with two attached hydrogens (primary N) is 1. The van der Waals surface area contributed by atoms with Crippen molar-refractivity contribution in [2.45, 2.75) is 31.6 Å². The first-order valence-electron chi connectivity index (χ1n) is 7.52. The van der Waals surface area contributed by atoms with Gasteiger partial charge in [-0.1, -0.05) is 12.8 Å². The molecule has 3 aromatic rings. The van der Waals surface area contributed by atoms with E-state index in [0.29, 0.717) is 11.7 Å². The molecule has 6 nitrogen and oxygen atoms in total. The van der Waals surface area contributed by atoms with Crippen molar-refractivity contribution >= 4 is 11.3 Å². The van der Waals surface area contributed by atoms with Gasteiger partial charge in [0.2, 0.25) is 0 Å². The average Bonchev–Trinajstić information content (AvgIpc) is 3.15. The lowest BCUT2D eigenvalue weighted by atomic mass is 10.1. The first-order chi connectivity index (χ1) is 10.7. The second-order valence-corrected chi connectivity index (χ2v) is 5.75. The zero-order valence-corrected chi connectivity index (χ0v) is 12.1. The summed E-state index contributed by atoms with van der Waals surface area (Å²) in [5.41, 5.74) is 8.50. The van der Waals surface area contributed by atoms with Gasteiger partial charge in [-0.2, -0.15) is 5.10 Å². The van der Waals surface area contributed by atoms with Crippen LogP contribution in [0.4, 0.5) is 5.82 Å². The molecule has 0 bridgehead atoms. The van der Waals surface area contributed by atoms with Crippen LogP contribution in [0.2, 0.25) is 0 Å². The SMILES string of the molecule is Nc1ncnn2c(C3CCCC3)nc(-c3ccc(O)cc3)c12. The predicted molar refractivity (Wildman–Crippen MR) is 83.5 cm³/mol. The number of nitrogens with zero attached hydrogens (tertiary/aromatic N) is 4. The second-order valence-electron chi connectivity index (χ2n) is 5.75. The van der Waals surface area contributed by atoms with Gasteiger partial charge in [-0.3, -0.25) is 0 Å². The van der Waals surface area contributed by atoms with E-state index in [0.717, 1.165) is 35.4 Å². The maximum atomic E-state index is 9.47. The van der Waals surface area contributed by atoms with Crippen molar-refractivity contribution < 1.29 is 5.11 Å². The molecule has 1 aliphatic carbocycles. The Labute approximate surface area is 127 Å².